The molecule has 0 fully saturated rings. The van der Waals surface area contributed by atoms with Crippen molar-refractivity contribution < 1.29 is 19.4 Å². The number of carbonyl (C=O) groups is 2. The van der Waals surface area contributed by atoms with Crippen LogP contribution in [0.2, 0.25) is 0 Å². The Hall–Kier alpha value is -2.71. The highest BCUT2D eigenvalue weighted by atomic mass is 35.5. The van der Waals surface area contributed by atoms with Gasteiger partial charge in [0.1, 0.15) is 0 Å². The van der Waals surface area contributed by atoms with E-state index in [1.165, 1.54) is 6.20 Å². The Morgan fingerprint density at radius 1 is 1.37 bits per heavy atom. The van der Waals surface area contributed by atoms with E-state index in [2.05, 4.69) is 20.7 Å². The first-order valence-electron chi connectivity index (χ1n) is 9.67. The smallest absolute Gasteiger partial charge is 0.311 e. The Morgan fingerprint density at radius 2 is 2.10 bits per heavy atom. The number of amides is 1. The quantitative estimate of drug-likeness (QED) is 0.442. The van der Waals surface area contributed by atoms with Gasteiger partial charge in [-0.3, -0.25) is 9.59 Å². The van der Waals surface area contributed by atoms with Crippen LogP contribution in [0.15, 0.2) is 36.5 Å². The third kappa shape index (κ3) is 6.96. The lowest BCUT2D eigenvalue weighted by atomic mass is 9.82. The first-order chi connectivity index (χ1) is 14.4. The van der Waals surface area contributed by atoms with Crippen molar-refractivity contribution in [2.24, 2.45) is 5.41 Å². The molecule has 0 aliphatic heterocycles. The van der Waals surface area contributed by atoms with Gasteiger partial charge in [0.25, 0.3) is 5.91 Å². The maximum Gasteiger partial charge on any atom is 0.311 e. The van der Waals surface area contributed by atoms with Crippen molar-refractivity contribution in [3.05, 3.63) is 53.4 Å². The second-order valence-corrected chi connectivity index (χ2v) is 7.54. The standard InChI is InChI=1S/C21H27ClN4O4/c1-3-30-14-21(2,20(28)29)12-17(24-19(27)18-13-23-26-25-18)11-16-8-6-15(7-9-16)5-4-10-22/h4-9,13,17H,3,10-12,14H2,1-2H3,(H,24,27)(H,28,29)(H,23,25,26). The third-order valence-corrected chi connectivity index (χ3v) is 4.86. The minimum Gasteiger partial charge on any atom is -0.481 e. The fourth-order valence-corrected chi connectivity index (χ4v) is 3.14. The molecule has 0 aliphatic rings. The number of H-pyrrole nitrogens is 1. The topological polar surface area (TPSA) is 117 Å². The van der Waals surface area contributed by atoms with Gasteiger partial charge in [-0.15, -0.1) is 11.6 Å². The van der Waals surface area contributed by atoms with Gasteiger partial charge >= 0.3 is 5.97 Å². The van der Waals surface area contributed by atoms with E-state index in [-0.39, 0.29) is 18.7 Å². The molecule has 0 saturated heterocycles. The number of hydrogen-bond acceptors (Lipinski definition) is 5. The number of halogens is 1. The zero-order valence-corrected chi connectivity index (χ0v) is 17.9. The third-order valence-electron chi connectivity index (χ3n) is 4.68. The summed E-state index contributed by atoms with van der Waals surface area (Å²) in [4.78, 5) is 24.5. The number of rotatable bonds is 12. The Morgan fingerprint density at radius 3 is 2.67 bits per heavy atom. The van der Waals surface area contributed by atoms with E-state index < -0.39 is 23.3 Å². The molecule has 2 aromatic rings. The zero-order valence-electron chi connectivity index (χ0n) is 17.1. The van der Waals surface area contributed by atoms with Crippen molar-refractivity contribution in [2.75, 3.05) is 19.1 Å². The van der Waals surface area contributed by atoms with Crippen molar-refractivity contribution in [1.82, 2.24) is 20.7 Å². The zero-order chi connectivity index (χ0) is 22.0. The molecule has 3 N–H and O–H groups in total. The normalized spacial score (nSPS) is 14.4. The molecule has 0 saturated carbocycles. The van der Waals surface area contributed by atoms with Gasteiger partial charge in [-0.05, 0) is 37.8 Å². The number of carboxylic acid groups (broad SMARTS) is 1. The number of benzene rings is 1. The van der Waals surface area contributed by atoms with E-state index in [9.17, 15) is 14.7 Å². The summed E-state index contributed by atoms with van der Waals surface area (Å²) in [5, 5.41) is 22.5. The molecule has 0 aliphatic carbocycles. The predicted octanol–water partition coefficient (Wildman–Crippen LogP) is 2.92. The number of aliphatic carboxylic acids is 1. The molecule has 0 bridgehead atoms. The molecular formula is C21H27ClN4O4. The van der Waals surface area contributed by atoms with Crippen molar-refractivity contribution in [1.29, 1.82) is 0 Å². The van der Waals surface area contributed by atoms with Crippen LogP contribution in [-0.2, 0) is 16.0 Å². The average molecular weight is 435 g/mol. The van der Waals surface area contributed by atoms with E-state index in [1.54, 1.807) is 6.92 Å². The van der Waals surface area contributed by atoms with E-state index >= 15 is 0 Å². The summed E-state index contributed by atoms with van der Waals surface area (Å²) >= 11 is 5.67. The number of aromatic amines is 1. The van der Waals surface area contributed by atoms with Gasteiger partial charge in [-0.25, -0.2) is 0 Å². The summed E-state index contributed by atoms with van der Waals surface area (Å²) < 4.78 is 5.40. The highest BCUT2D eigenvalue weighted by molar-refractivity contribution is 6.19. The van der Waals surface area contributed by atoms with Gasteiger partial charge in [-0.1, -0.05) is 36.4 Å². The highest BCUT2D eigenvalue weighted by Crippen LogP contribution is 2.26. The molecule has 1 heterocycles. The molecule has 0 spiro atoms. The van der Waals surface area contributed by atoms with Crippen LogP contribution in [-0.4, -0.2) is 57.5 Å². The van der Waals surface area contributed by atoms with Crippen LogP contribution < -0.4 is 5.32 Å². The Balaban J connectivity index is 2.20. The van der Waals surface area contributed by atoms with Crippen LogP contribution in [0.1, 0.15) is 41.9 Å². The molecular weight excluding hydrogens is 408 g/mol. The number of aromatic nitrogens is 3. The maximum atomic E-state index is 12.5. The summed E-state index contributed by atoms with van der Waals surface area (Å²) in [5.74, 6) is -0.955. The molecule has 1 aromatic carbocycles. The lowest BCUT2D eigenvalue weighted by Gasteiger charge is -2.30. The van der Waals surface area contributed by atoms with E-state index in [0.29, 0.717) is 18.9 Å². The van der Waals surface area contributed by atoms with E-state index in [1.807, 2.05) is 43.3 Å². The van der Waals surface area contributed by atoms with Gasteiger partial charge in [0, 0.05) is 18.5 Å². The van der Waals surface area contributed by atoms with Crippen molar-refractivity contribution in [3.63, 3.8) is 0 Å². The van der Waals surface area contributed by atoms with Crippen LogP contribution in [0.4, 0.5) is 0 Å². The number of alkyl halides is 1. The van der Waals surface area contributed by atoms with Crippen molar-refractivity contribution in [2.45, 2.75) is 32.7 Å². The monoisotopic (exact) mass is 434 g/mol. The molecule has 0 radical (unpaired) electrons. The number of allylic oxidation sites excluding steroid dienone is 1. The molecule has 2 atom stereocenters. The number of ether oxygens (including phenoxy) is 1. The minimum absolute atomic E-state index is 0.0529. The Labute approximate surface area is 180 Å². The maximum absolute atomic E-state index is 12.5. The van der Waals surface area contributed by atoms with Crippen LogP contribution in [0.25, 0.3) is 6.08 Å². The fraction of sp³-hybridized carbons (Fsp3) is 0.429. The highest BCUT2D eigenvalue weighted by Gasteiger charge is 2.37. The van der Waals surface area contributed by atoms with E-state index in [4.69, 9.17) is 16.3 Å². The van der Waals surface area contributed by atoms with Gasteiger partial charge in [0.2, 0.25) is 0 Å². The lowest BCUT2D eigenvalue weighted by molar-refractivity contribution is -0.152. The Bertz CT molecular complexity index is 839. The first kappa shape index (κ1) is 23.6. The number of nitrogens with one attached hydrogen (secondary N) is 2. The number of nitrogens with zero attached hydrogens (tertiary/aromatic N) is 2. The SMILES string of the molecule is CCOCC(C)(CC(Cc1ccc(C=CCCl)cc1)NC(=O)c1cn[nH]n1)C(=O)O. The van der Waals surface area contributed by atoms with Crippen molar-refractivity contribution in [3.8, 4) is 0 Å². The minimum atomic E-state index is -1.15. The Kier molecular flexibility index (Phi) is 9.01. The number of hydrogen-bond donors (Lipinski definition) is 3. The summed E-state index contributed by atoms with van der Waals surface area (Å²) in [7, 11) is 0. The predicted molar refractivity (Wildman–Crippen MR) is 114 cm³/mol. The van der Waals surface area contributed by atoms with Crippen LogP contribution in [0.3, 0.4) is 0 Å². The lowest BCUT2D eigenvalue weighted by Crippen LogP contribution is -2.44. The van der Waals surface area contributed by atoms with Gasteiger partial charge in [0.15, 0.2) is 5.69 Å². The summed E-state index contributed by atoms with van der Waals surface area (Å²) in [6, 6.07) is 7.35. The molecule has 162 valence electrons. The van der Waals surface area contributed by atoms with Crippen LogP contribution >= 0.6 is 11.6 Å². The fourth-order valence-electron chi connectivity index (χ4n) is 3.05. The summed E-state index contributed by atoms with van der Waals surface area (Å²) in [5.41, 5.74) is 0.964. The largest absolute Gasteiger partial charge is 0.481 e. The molecule has 9 heteroatoms. The molecule has 2 unspecified atom stereocenters. The molecule has 8 nitrogen and oxygen atoms in total. The molecule has 30 heavy (non-hydrogen) atoms. The van der Waals surface area contributed by atoms with Gasteiger partial charge in [-0.2, -0.15) is 15.4 Å². The van der Waals surface area contributed by atoms with E-state index in [0.717, 1.165) is 11.1 Å². The number of carboxylic acids is 1. The summed E-state index contributed by atoms with van der Waals surface area (Å²) in [6.07, 6.45) is 5.74. The van der Waals surface area contributed by atoms with Crippen molar-refractivity contribution >= 4 is 29.6 Å². The molecule has 2 rings (SSSR count). The number of carbonyl (C=O) groups excluding carboxylic acids is 1. The second-order valence-electron chi connectivity index (χ2n) is 7.24. The van der Waals surface area contributed by atoms with Crippen LogP contribution in [0.5, 0.6) is 0 Å². The summed E-state index contributed by atoms with van der Waals surface area (Å²) in [6.45, 7) is 3.90. The second kappa shape index (κ2) is 11.5. The van der Waals surface area contributed by atoms with Crippen LogP contribution in [0, 0.1) is 5.41 Å². The average Bonchev–Trinajstić information content (AvgIpc) is 3.26. The first-order valence-corrected chi connectivity index (χ1v) is 10.2. The molecule has 1 amide bonds. The molecule has 1 aromatic heterocycles. The van der Waals surface area contributed by atoms with Gasteiger partial charge in [0.05, 0.1) is 18.2 Å². The van der Waals surface area contributed by atoms with Gasteiger partial charge < -0.3 is 15.2 Å².